The molecular formula is C8H12O. The lowest BCUT2D eigenvalue weighted by Gasteiger charge is -1.86. The summed E-state index contributed by atoms with van der Waals surface area (Å²) >= 11 is 0. The van der Waals surface area contributed by atoms with Crippen LogP contribution in [0.1, 0.15) is 13.3 Å². The molecule has 0 aromatic carbocycles. The van der Waals surface area contributed by atoms with Crippen molar-refractivity contribution in [3.63, 3.8) is 0 Å². The van der Waals surface area contributed by atoms with Crippen molar-refractivity contribution >= 4 is 0 Å². The summed E-state index contributed by atoms with van der Waals surface area (Å²) < 4.78 is 0. The van der Waals surface area contributed by atoms with E-state index in [1.54, 1.807) is 24.3 Å². The molecule has 0 saturated heterocycles. The van der Waals surface area contributed by atoms with Crippen molar-refractivity contribution in [1.29, 1.82) is 0 Å². The Balaban J connectivity index is 3.67. The summed E-state index contributed by atoms with van der Waals surface area (Å²) in [5.41, 5.74) is 0. The van der Waals surface area contributed by atoms with Crippen molar-refractivity contribution in [1.82, 2.24) is 0 Å². The van der Waals surface area contributed by atoms with E-state index >= 15 is 0 Å². The van der Waals surface area contributed by atoms with Crippen LogP contribution in [0.4, 0.5) is 0 Å². The molecule has 0 atom stereocenters. The fraction of sp³-hybridized carbons (Fsp3) is 0.250. The van der Waals surface area contributed by atoms with Gasteiger partial charge in [-0.15, -0.1) is 0 Å². The molecule has 0 radical (unpaired) electrons. The highest BCUT2D eigenvalue weighted by atomic mass is 16.3. The lowest BCUT2D eigenvalue weighted by Crippen LogP contribution is -1.72. The van der Waals surface area contributed by atoms with Gasteiger partial charge in [-0.25, -0.2) is 0 Å². The average Bonchev–Trinajstić information content (AvgIpc) is 1.89. The van der Waals surface area contributed by atoms with Gasteiger partial charge >= 0.3 is 0 Å². The fourth-order valence-corrected chi connectivity index (χ4v) is 0.363. The summed E-state index contributed by atoms with van der Waals surface area (Å²) in [5.74, 6) is 0.396. The molecule has 0 rings (SSSR count). The van der Waals surface area contributed by atoms with Gasteiger partial charge in [0.2, 0.25) is 0 Å². The van der Waals surface area contributed by atoms with Gasteiger partial charge < -0.3 is 5.11 Å². The summed E-state index contributed by atoms with van der Waals surface area (Å²) in [6.45, 7) is 5.38. The van der Waals surface area contributed by atoms with Gasteiger partial charge in [0.05, 0.1) is 5.76 Å². The van der Waals surface area contributed by atoms with Crippen molar-refractivity contribution in [2.45, 2.75) is 13.3 Å². The van der Waals surface area contributed by atoms with Crippen LogP contribution in [-0.2, 0) is 0 Å². The van der Waals surface area contributed by atoms with Crippen molar-refractivity contribution in [2.75, 3.05) is 0 Å². The van der Waals surface area contributed by atoms with E-state index in [0.29, 0.717) is 12.2 Å². The first-order valence-electron chi connectivity index (χ1n) is 2.98. The number of allylic oxidation sites excluding steroid dienone is 5. The third-order valence-electron chi connectivity index (χ3n) is 0.898. The van der Waals surface area contributed by atoms with Gasteiger partial charge in [0.1, 0.15) is 0 Å². The topological polar surface area (TPSA) is 20.2 Å². The maximum atomic E-state index is 8.86. The van der Waals surface area contributed by atoms with E-state index in [9.17, 15) is 0 Å². The van der Waals surface area contributed by atoms with Crippen LogP contribution in [0.5, 0.6) is 0 Å². The number of hydrogen-bond donors (Lipinski definition) is 1. The second kappa shape index (κ2) is 5.16. The van der Waals surface area contributed by atoms with E-state index in [-0.39, 0.29) is 0 Å². The zero-order valence-corrected chi connectivity index (χ0v) is 5.67. The predicted octanol–water partition coefficient (Wildman–Crippen LogP) is 2.58. The molecule has 0 aromatic heterocycles. The van der Waals surface area contributed by atoms with Crippen LogP contribution < -0.4 is 0 Å². The van der Waals surface area contributed by atoms with Gasteiger partial charge in [0, 0.05) is 6.42 Å². The Labute approximate surface area is 56.0 Å². The third-order valence-corrected chi connectivity index (χ3v) is 0.898. The normalized spacial score (nSPS) is 12.3. The van der Waals surface area contributed by atoms with E-state index < -0.39 is 0 Å². The van der Waals surface area contributed by atoms with Gasteiger partial charge in [-0.1, -0.05) is 31.7 Å². The minimum atomic E-state index is 0.396. The lowest BCUT2D eigenvalue weighted by molar-refractivity contribution is 0.395. The number of aliphatic hydroxyl groups is 1. The highest BCUT2D eigenvalue weighted by Crippen LogP contribution is 1.93. The molecule has 1 N–H and O–H groups in total. The summed E-state index contributed by atoms with van der Waals surface area (Å²) in [4.78, 5) is 0. The molecule has 0 aromatic rings. The number of aliphatic hydroxyl groups excluding tert-OH is 1. The largest absolute Gasteiger partial charge is 0.512 e. The van der Waals surface area contributed by atoms with Crippen LogP contribution in [0.25, 0.3) is 0 Å². The summed E-state index contributed by atoms with van der Waals surface area (Å²) in [5, 5.41) is 8.86. The standard InChI is InChI=1S/C8H12O/c1-3-5-6-7-8(9)4-2/h3,5-7,9H,1,4H2,2H3/b6-5-,8-7+. The van der Waals surface area contributed by atoms with Crippen LogP contribution >= 0.6 is 0 Å². The average molecular weight is 124 g/mol. The Bertz CT molecular complexity index is 132. The molecule has 0 fully saturated rings. The minimum absolute atomic E-state index is 0.396. The molecule has 0 bridgehead atoms. The molecule has 0 spiro atoms. The van der Waals surface area contributed by atoms with E-state index in [2.05, 4.69) is 6.58 Å². The number of rotatable bonds is 3. The Morgan fingerprint density at radius 2 is 2.22 bits per heavy atom. The molecule has 0 aliphatic rings. The third kappa shape index (κ3) is 4.88. The summed E-state index contributed by atoms with van der Waals surface area (Å²) in [6.07, 6.45) is 7.53. The Kier molecular flexibility index (Phi) is 4.60. The molecule has 0 heterocycles. The fourth-order valence-electron chi connectivity index (χ4n) is 0.363. The van der Waals surface area contributed by atoms with Crippen LogP contribution in [0.15, 0.2) is 36.6 Å². The van der Waals surface area contributed by atoms with Crippen LogP contribution in [0.3, 0.4) is 0 Å². The molecule has 0 unspecified atom stereocenters. The Morgan fingerprint density at radius 1 is 1.56 bits per heavy atom. The molecule has 1 nitrogen and oxygen atoms in total. The highest BCUT2D eigenvalue weighted by molar-refractivity contribution is 5.11. The van der Waals surface area contributed by atoms with E-state index in [1.807, 2.05) is 6.92 Å². The first-order valence-corrected chi connectivity index (χ1v) is 2.98. The maximum Gasteiger partial charge on any atom is 0.0919 e. The molecule has 50 valence electrons. The second-order valence-electron chi connectivity index (χ2n) is 1.63. The van der Waals surface area contributed by atoms with E-state index in [4.69, 9.17) is 5.11 Å². The first kappa shape index (κ1) is 8.02. The molecular weight excluding hydrogens is 112 g/mol. The Hall–Kier alpha value is -0.980. The zero-order valence-electron chi connectivity index (χ0n) is 5.67. The molecule has 0 amide bonds. The second-order valence-corrected chi connectivity index (χ2v) is 1.63. The van der Waals surface area contributed by atoms with Gasteiger partial charge in [-0.3, -0.25) is 0 Å². The monoisotopic (exact) mass is 124 g/mol. The van der Waals surface area contributed by atoms with Crippen LogP contribution in [0, 0.1) is 0 Å². The van der Waals surface area contributed by atoms with Gasteiger partial charge in [0.15, 0.2) is 0 Å². The van der Waals surface area contributed by atoms with Gasteiger partial charge in [-0.05, 0) is 6.08 Å². The van der Waals surface area contributed by atoms with Crippen molar-refractivity contribution in [3.8, 4) is 0 Å². The van der Waals surface area contributed by atoms with E-state index in [0.717, 1.165) is 0 Å². The SMILES string of the molecule is C=C/C=C\C=C(\O)CC. The van der Waals surface area contributed by atoms with Crippen molar-refractivity contribution in [2.24, 2.45) is 0 Å². The van der Waals surface area contributed by atoms with Crippen molar-refractivity contribution < 1.29 is 5.11 Å². The molecule has 0 saturated carbocycles. The summed E-state index contributed by atoms with van der Waals surface area (Å²) in [7, 11) is 0. The lowest BCUT2D eigenvalue weighted by atomic mass is 10.3. The zero-order chi connectivity index (χ0) is 7.11. The van der Waals surface area contributed by atoms with Crippen molar-refractivity contribution in [3.05, 3.63) is 36.6 Å². The smallest absolute Gasteiger partial charge is 0.0919 e. The maximum absolute atomic E-state index is 8.86. The summed E-state index contributed by atoms with van der Waals surface area (Å²) in [6, 6.07) is 0. The Morgan fingerprint density at radius 3 is 2.67 bits per heavy atom. The highest BCUT2D eigenvalue weighted by Gasteiger charge is 1.79. The van der Waals surface area contributed by atoms with E-state index in [1.165, 1.54) is 0 Å². The minimum Gasteiger partial charge on any atom is -0.512 e. The molecule has 0 aliphatic heterocycles. The van der Waals surface area contributed by atoms with Crippen LogP contribution in [0.2, 0.25) is 0 Å². The molecule has 0 aliphatic carbocycles. The van der Waals surface area contributed by atoms with Gasteiger partial charge in [0.25, 0.3) is 0 Å². The quantitative estimate of drug-likeness (QED) is 0.453. The molecule has 1 heteroatoms. The van der Waals surface area contributed by atoms with Gasteiger partial charge in [-0.2, -0.15) is 0 Å². The predicted molar refractivity (Wildman–Crippen MR) is 40.3 cm³/mol. The van der Waals surface area contributed by atoms with Crippen LogP contribution in [-0.4, -0.2) is 5.11 Å². The number of hydrogen-bond acceptors (Lipinski definition) is 1. The first-order chi connectivity index (χ1) is 4.31. The molecule has 9 heavy (non-hydrogen) atoms.